The van der Waals surface area contributed by atoms with Crippen LogP contribution in [0.5, 0.6) is 0 Å². The Balaban J connectivity index is 1.62. The summed E-state index contributed by atoms with van der Waals surface area (Å²) in [6, 6.07) is 13.2. The van der Waals surface area contributed by atoms with Crippen LogP contribution in [0.15, 0.2) is 53.5 Å². The van der Waals surface area contributed by atoms with Gasteiger partial charge >= 0.3 is 5.69 Å². The maximum atomic E-state index is 12.7. The highest BCUT2D eigenvalue weighted by Crippen LogP contribution is 2.27. The summed E-state index contributed by atoms with van der Waals surface area (Å²) in [5.41, 5.74) is 2.33. The van der Waals surface area contributed by atoms with Gasteiger partial charge in [0.05, 0.1) is 0 Å². The number of para-hydroxylation sites is 1. The van der Waals surface area contributed by atoms with E-state index in [0.29, 0.717) is 18.1 Å². The van der Waals surface area contributed by atoms with Gasteiger partial charge in [-0.05, 0) is 30.2 Å². The Kier molecular flexibility index (Phi) is 3.68. The Morgan fingerprint density at radius 1 is 1.16 bits per heavy atom. The van der Waals surface area contributed by atoms with E-state index < -0.39 is 0 Å². The van der Waals surface area contributed by atoms with Crippen LogP contribution in [0.3, 0.4) is 0 Å². The number of rotatable bonds is 3. The second-order valence-electron chi connectivity index (χ2n) is 5.96. The zero-order valence-corrected chi connectivity index (χ0v) is 13.8. The van der Waals surface area contributed by atoms with E-state index in [1.165, 1.54) is 9.25 Å². The third-order valence-electron chi connectivity index (χ3n) is 4.41. The molecule has 7 heteroatoms. The summed E-state index contributed by atoms with van der Waals surface area (Å²) in [6.45, 7) is 0.542. The quantitative estimate of drug-likeness (QED) is 0.722. The molecule has 1 aliphatic heterocycles. The smallest absolute Gasteiger partial charge is 0.310 e. The van der Waals surface area contributed by atoms with Crippen LogP contribution in [0.2, 0.25) is 0 Å². The molecule has 0 saturated heterocycles. The highest BCUT2D eigenvalue weighted by Gasteiger charge is 2.25. The number of hydrogen-bond donors (Lipinski definition) is 0. The van der Waals surface area contributed by atoms with Crippen LogP contribution in [0, 0.1) is 0 Å². The lowest BCUT2D eigenvalue weighted by molar-refractivity contribution is -0.119. The molecule has 0 spiro atoms. The standard InChI is InChI=1S/C18H17N5O2/c1-21-17(14-7-4-5-10-19-14)20-23(18(21)25)12-16(24)22-11-9-13-6-2-3-8-15(13)22/h2-8,10H,9,11-12H2,1H3. The fraction of sp³-hybridized carbons (Fsp3) is 0.222. The first kappa shape index (κ1) is 15.3. The Labute approximate surface area is 144 Å². The zero-order valence-electron chi connectivity index (χ0n) is 13.8. The number of benzene rings is 1. The summed E-state index contributed by atoms with van der Waals surface area (Å²) >= 11 is 0. The average molecular weight is 335 g/mol. The van der Waals surface area contributed by atoms with Crippen LogP contribution in [0.1, 0.15) is 5.56 Å². The van der Waals surface area contributed by atoms with Gasteiger partial charge in [-0.2, -0.15) is 0 Å². The van der Waals surface area contributed by atoms with E-state index in [1.54, 1.807) is 30.3 Å². The van der Waals surface area contributed by atoms with Crippen molar-refractivity contribution in [3.63, 3.8) is 0 Å². The molecule has 1 aromatic carbocycles. The monoisotopic (exact) mass is 335 g/mol. The maximum absolute atomic E-state index is 12.7. The van der Waals surface area contributed by atoms with E-state index >= 15 is 0 Å². The zero-order chi connectivity index (χ0) is 17.4. The fourth-order valence-corrected chi connectivity index (χ4v) is 3.12. The summed E-state index contributed by atoms with van der Waals surface area (Å²) in [5, 5.41) is 4.30. The van der Waals surface area contributed by atoms with Crippen LogP contribution in [-0.4, -0.2) is 31.8 Å². The number of hydrogen-bond acceptors (Lipinski definition) is 4. The molecule has 0 radical (unpaired) electrons. The van der Waals surface area contributed by atoms with Crippen molar-refractivity contribution in [2.75, 3.05) is 11.4 Å². The van der Waals surface area contributed by atoms with Gasteiger partial charge in [0.25, 0.3) is 0 Å². The molecule has 3 aromatic rings. The van der Waals surface area contributed by atoms with E-state index in [-0.39, 0.29) is 18.1 Å². The lowest BCUT2D eigenvalue weighted by Crippen LogP contribution is -2.36. The highest BCUT2D eigenvalue weighted by atomic mass is 16.2. The molecule has 1 amide bonds. The van der Waals surface area contributed by atoms with Crippen molar-refractivity contribution in [3.8, 4) is 11.5 Å². The first-order valence-electron chi connectivity index (χ1n) is 8.08. The Morgan fingerprint density at radius 2 is 1.96 bits per heavy atom. The van der Waals surface area contributed by atoms with Gasteiger partial charge in [-0.3, -0.25) is 14.3 Å². The number of carbonyl (C=O) groups excluding carboxylic acids is 1. The summed E-state index contributed by atoms with van der Waals surface area (Å²) in [7, 11) is 1.63. The minimum atomic E-state index is -0.332. The molecule has 0 atom stereocenters. The molecule has 0 aliphatic carbocycles. The van der Waals surface area contributed by atoms with E-state index in [0.717, 1.165) is 17.7 Å². The number of nitrogens with zero attached hydrogens (tertiary/aromatic N) is 5. The van der Waals surface area contributed by atoms with Crippen LogP contribution < -0.4 is 10.6 Å². The van der Waals surface area contributed by atoms with Gasteiger partial charge in [0.15, 0.2) is 5.82 Å². The molecular formula is C18H17N5O2. The molecular weight excluding hydrogens is 318 g/mol. The Morgan fingerprint density at radius 3 is 2.76 bits per heavy atom. The third kappa shape index (κ3) is 2.63. The van der Waals surface area contributed by atoms with Gasteiger partial charge in [-0.1, -0.05) is 24.3 Å². The predicted molar refractivity (Wildman–Crippen MR) is 93.2 cm³/mol. The molecule has 1 aliphatic rings. The fourth-order valence-electron chi connectivity index (χ4n) is 3.12. The van der Waals surface area contributed by atoms with Crippen LogP contribution in [0.4, 0.5) is 5.69 Å². The molecule has 0 saturated carbocycles. The molecule has 0 bridgehead atoms. The SMILES string of the molecule is Cn1c(-c2ccccn2)nn(CC(=O)N2CCc3ccccc32)c1=O. The van der Waals surface area contributed by atoms with Crippen molar-refractivity contribution in [3.05, 3.63) is 64.7 Å². The molecule has 4 rings (SSSR count). The number of carbonyl (C=O) groups is 1. The van der Waals surface area contributed by atoms with Crippen molar-refractivity contribution in [1.82, 2.24) is 19.3 Å². The maximum Gasteiger partial charge on any atom is 0.346 e. The summed E-state index contributed by atoms with van der Waals surface area (Å²) in [5.74, 6) is 0.304. The van der Waals surface area contributed by atoms with Gasteiger partial charge in [0.1, 0.15) is 12.2 Å². The third-order valence-corrected chi connectivity index (χ3v) is 4.41. The number of pyridine rings is 1. The number of amides is 1. The summed E-state index contributed by atoms with van der Waals surface area (Å²) < 4.78 is 2.61. The minimum absolute atomic E-state index is 0.0894. The van der Waals surface area contributed by atoms with Crippen LogP contribution in [-0.2, 0) is 24.8 Å². The first-order chi connectivity index (χ1) is 12.1. The van der Waals surface area contributed by atoms with Crippen LogP contribution in [0.25, 0.3) is 11.5 Å². The van der Waals surface area contributed by atoms with E-state index in [1.807, 2.05) is 30.3 Å². The molecule has 126 valence electrons. The largest absolute Gasteiger partial charge is 0.346 e. The number of aromatic nitrogens is 4. The lowest BCUT2D eigenvalue weighted by Gasteiger charge is -2.16. The van der Waals surface area contributed by atoms with Gasteiger partial charge in [0.2, 0.25) is 5.91 Å². The van der Waals surface area contributed by atoms with Crippen molar-refractivity contribution >= 4 is 11.6 Å². The van der Waals surface area contributed by atoms with E-state index in [9.17, 15) is 9.59 Å². The van der Waals surface area contributed by atoms with Gasteiger partial charge in [0, 0.05) is 25.5 Å². The Bertz CT molecular complexity index is 990. The molecule has 0 unspecified atom stereocenters. The molecule has 3 heterocycles. The van der Waals surface area contributed by atoms with Crippen molar-refractivity contribution in [2.45, 2.75) is 13.0 Å². The van der Waals surface area contributed by atoms with Crippen LogP contribution >= 0.6 is 0 Å². The van der Waals surface area contributed by atoms with Gasteiger partial charge < -0.3 is 4.90 Å². The second kappa shape index (κ2) is 6.01. The molecule has 25 heavy (non-hydrogen) atoms. The topological polar surface area (TPSA) is 73.0 Å². The lowest BCUT2D eigenvalue weighted by atomic mass is 10.2. The average Bonchev–Trinajstić information content (AvgIpc) is 3.19. The van der Waals surface area contributed by atoms with Gasteiger partial charge in [-0.15, -0.1) is 5.10 Å². The van der Waals surface area contributed by atoms with Crippen molar-refractivity contribution in [1.29, 1.82) is 0 Å². The predicted octanol–water partition coefficient (Wildman–Crippen LogP) is 1.23. The molecule has 2 aromatic heterocycles. The van der Waals surface area contributed by atoms with Crippen molar-refractivity contribution in [2.24, 2.45) is 7.05 Å². The molecule has 0 fully saturated rings. The number of fused-ring (bicyclic) bond motifs is 1. The number of anilines is 1. The first-order valence-corrected chi connectivity index (χ1v) is 8.08. The van der Waals surface area contributed by atoms with E-state index in [2.05, 4.69) is 10.1 Å². The molecule has 7 nitrogen and oxygen atoms in total. The van der Waals surface area contributed by atoms with E-state index in [4.69, 9.17) is 0 Å². The highest BCUT2D eigenvalue weighted by molar-refractivity contribution is 5.95. The Hall–Kier alpha value is -3.22. The minimum Gasteiger partial charge on any atom is -0.310 e. The van der Waals surface area contributed by atoms with Crippen molar-refractivity contribution < 1.29 is 4.79 Å². The normalized spacial score (nSPS) is 13.1. The summed E-state index contributed by atoms with van der Waals surface area (Å²) in [4.78, 5) is 31.1. The second-order valence-corrected chi connectivity index (χ2v) is 5.96. The summed E-state index contributed by atoms with van der Waals surface area (Å²) in [6.07, 6.45) is 2.48. The molecule has 0 N–H and O–H groups in total. The van der Waals surface area contributed by atoms with Gasteiger partial charge in [-0.25, -0.2) is 9.48 Å².